The van der Waals surface area contributed by atoms with Crippen molar-refractivity contribution in [2.24, 2.45) is 0 Å². The summed E-state index contributed by atoms with van der Waals surface area (Å²) in [7, 11) is 1.55. The quantitative estimate of drug-likeness (QED) is 0.719. The van der Waals surface area contributed by atoms with Gasteiger partial charge in [0.15, 0.2) is 5.69 Å². The molecule has 0 saturated heterocycles. The van der Waals surface area contributed by atoms with Crippen molar-refractivity contribution in [3.63, 3.8) is 0 Å². The fourth-order valence-corrected chi connectivity index (χ4v) is 2.83. The normalized spacial score (nSPS) is 10.5. The molecule has 120 valence electrons. The molecule has 0 bridgehead atoms. The number of hydrogen-bond acceptors (Lipinski definition) is 5. The van der Waals surface area contributed by atoms with Crippen LogP contribution in [-0.2, 0) is 0 Å². The second-order valence-corrected chi connectivity index (χ2v) is 6.00. The summed E-state index contributed by atoms with van der Waals surface area (Å²) in [6, 6.07) is 10.3. The highest BCUT2D eigenvalue weighted by Crippen LogP contribution is 2.35. The van der Waals surface area contributed by atoms with Crippen LogP contribution in [-0.4, -0.2) is 17.3 Å². The second-order valence-electron chi connectivity index (χ2n) is 5.15. The minimum absolute atomic E-state index is 0.0829. The molecule has 2 aromatic carbocycles. The molecule has 24 heavy (non-hydrogen) atoms. The molecule has 0 radical (unpaired) electrons. The summed E-state index contributed by atoms with van der Waals surface area (Å²) in [5.41, 5.74) is 2.08. The van der Waals surface area contributed by atoms with Crippen LogP contribution >= 0.6 is 15.9 Å². The number of halogens is 2. The summed E-state index contributed by atoms with van der Waals surface area (Å²) < 4.78 is 20.1. The van der Waals surface area contributed by atoms with E-state index in [9.17, 15) is 9.65 Å². The van der Waals surface area contributed by atoms with Crippen molar-refractivity contribution in [2.75, 3.05) is 12.4 Å². The van der Waals surface area contributed by atoms with Gasteiger partial charge in [0.1, 0.15) is 17.6 Å². The van der Waals surface area contributed by atoms with Crippen molar-refractivity contribution in [1.82, 2.24) is 10.2 Å². The number of aryl methyl sites for hydroxylation is 1. The van der Waals surface area contributed by atoms with Gasteiger partial charge in [-0.3, -0.25) is 0 Å². The molecule has 0 saturated carbocycles. The topological polar surface area (TPSA) is 70.8 Å². The number of nitrogens with zero attached hydrogens (tertiary/aromatic N) is 3. The fraction of sp³-hybridized carbons (Fsp3) is 0.118. The number of fused-ring (bicyclic) bond motifs is 1. The van der Waals surface area contributed by atoms with E-state index < -0.39 is 5.82 Å². The summed E-state index contributed by atoms with van der Waals surface area (Å²) >= 11 is 3.41. The molecule has 1 aromatic heterocycles. The highest BCUT2D eigenvalue weighted by Gasteiger charge is 2.15. The lowest BCUT2D eigenvalue weighted by Gasteiger charge is -2.13. The van der Waals surface area contributed by atoms with E-state index in [2.05, 4.69) is 31.4 Å². The molecule has 0 unspecified atom stereocenters. The van der Waals surface area contributed by atoms with Gasteiger partial charge in [-0.2, -0.15) is 5.26 Å². The average Bonchev–Trinajstić information content (AvgIpc) is 2.57. The van der Waals surface area contributed by atoms with Crippen LogP contribution in [0.4, 0.5) is 15.8 Å². The van der Waals surface area contributed by atoms with E-state index in [4.69, 9.17) is 4.74 Å². The number of ether oxygens (including phenoxy) is 1. The number of nitrogens with one attached hydrogen (secondary N) is 1. The Bertz CT molecular complexity index is 984. The maximum absolute atomic E-state index is 14.2. The molecule has 0 aliphatic rings. The number of anilines is 2. The zero-order valence-electron chi connectivity index (χ0n) is 12.9. The molecule has 0 aliphatic carbocycles. The zero-order valence-corrected chi connectivity index (χ0v) is 14.5. The lowest BCUT2D eigenvalue weighted by Crippen LogP contribution is -2.02. The molecule has 0 spiro atoms. The third kappa shape index (κ3) is 2.88. The number of benzene rings is 2. The molecule has 3 aromatic rings. The maximum Gasteiger partial charge on any atom is 0.187 e. The van der Waals surface area contributed by atoms with Crippen molar-refractivity contribution < 1.29 is 9.13 Å². The third-order valence-corrected chi connectivity index (χ3v) is 4.14. The van der Waals surface area contributed by atoms with Crippen molar-refractivity contribution in [3.8, 4) is 11.8 Å². The molecule has 3 rings (SSSR count). The molecule has 1 heterocycles. The molecule has 5 nitrogen and oxygen atoms in total. The number of hydrogen-bond donors (Lipinski definition) is 1. The van der Waals surface area contributed by atoms with E-state index in [1.165, 1.54) is 6.07 Å². The molecular weight excluding hydrogens is 375 g/mol. The number of methoxy groups -OCH3 is 1. The molecule has 7 heteroatoms. The van der Waals surface area contributed by atoms with Gasteiger partial charge in [-0.1, -0.05) is 6.07 Å². The SMILES string of the molecule is COc1cc2nnc(C#N)c(Nc3ccc(C)cc3F)c2cc1Br. The van der Waals surface area contributed by atoms with Gasteiger partial charge in [0.2, 0.25) is 0 Å². The second kappa shape index (κ2) is 6.42. The first-order valence-corrected chi connectivity index (χ1v) is 7.80. The molecule has 0 fully saturated rings. The van der Waals surface area contributed by atoms with Gasteiger partial charge in [-0.15, -0.1) is 10.2 Å². The van der Waals surface area contributed by atoms with E-state index in [1.54, 1.807) is 38.3 Å². The number of nitriles is 1. The van der Waals surface area contributed by atoms with Gasteiger partial charge in [-0.05, 0) is 46.6 Å². The van der Waals surface area contributed by atoms with Crippen molar-refractivity contribution in [2.45, 2.75) is 6.92 Å². The Labute approximate surface area is 146 Å². The summed E-state index contributed by atoms with van der Waals surface area (Å²) in [6.07, 6.45) is 0. The highest BCUT2D eigenvalue weighted by atomic mass is 79.9. The van der Waals surface area contributed by atoms with Gasteiger partial charge in [0, 0.05) is 11.5 Å². The standard InChI is InChI=1S/C17H12BrFN4O/c1-9-3-4-13(12(19)5-9)21-17-10-6-11(18)16(24-2)7-14(10)22-23-15(17)8-20/h3-7H,1-2H3,(H,21,22). The van der Waals surface area contributed by atoms with Crippen LogP contribution in [0.5, 0.6) is 5.75 Å². The summed E-state index contributed by atoms with van der Waals surface area (Å²) in [5, 5.41) is 20.9. The monoisotopic (exact) mass is 386 g/mol. The molecular formula is C17H12BrFN4O. The van der Waals surface area contributed by atoms with Crippen LogP contribution in [0.1, 0.15) is 11.3 Å². The Kier molecular flexibility index (Phi) is 4.32. The Morgan fingerprint density at radius 3 is 2.71 bits per heavy atom. The van der Waals surface area contributed by atoms with Crippen molar-refractivity contribution >= 4 is 38.2 Å². The highest BCUT2D eigenvalue weighted by molar-refractivity contribution is 9.10. The van der Waals surface area contributed by atoms with Crippen LogP contribution < -0.4 is 10.1 Å². The van der Waals surface area contributed by atoms with E-state index in [0.717, 1.165) is 5.56 Å². The Morgan fingerprint density at radius 2 is 2.04 bits per heavy atom. The van der Waals surface area contributed by atoms with Crippen molar-refractivity contribution in [1.29, 1.82) is 5.26 Å². The first-order chi connectivity index (χ1) is 11.5. The largest absolute Gasteiger partial charge is 0.495 e. The minimum Gasteiger partial charge on any atom is -0.495 e. The number of rotatable bonds is 3. The number of aromatic nitrogens is 2. The van der Waals surface area contributed by atoms with Gasteiger partial charge in [0.25, 0.3) is 0 Å². The van der Waals surface area contributed by atoms with Crippen molar-refractivity contribution in [3.05, 3.63) is 51.9 Å². The summed E-state index contributed by atoms with van der Waals surface area (Å²) in [5.74, 6) is 0.186. The van der Waals surface area contributed by atoms with Crippen LogP contribution in [0.2, 0.25) is 0 Å². The minimum atomic E-state index is -0.406. The fourth-order valence-electron chi connectivity index (χ4n) is 2.32. The van der Waals surface area contributed by atoms with E-state index >= 15 is 0 Å². The first kappa shape index (κ1) is 16.1. The maximum atomic E-state index is 14.2. The first-order valence-electron chi connectivity index (χ1n) is 7.00. The molecule has 0 atom stereocenters. The molecule has 0 aliphatic heterocycles. The third-order valence-electron chi connectivity index (χ3n) is 3.52. The Hall–Kier alpha value is -2.72. The van der Waals surface area contributed by atoms with E-state index in [-0.39, 0.29) is 11.4 Å². The predicted octanol–water partition coefficient (Wildman–Crippen LogP) is 4.46. The van der Waals surface area contributed by atoms with Gasteiger partial charge in [0.05, 0.1) is 28.5 Å². The van der Waals surface area contributed by atoms with Crippen LogP contribution in [0.3, 0.4) is 0 Å². The van der Waals surface area contributed by atoms with E-state index in [1.807, 2.05) is 6.07 Å². The van der Waals surface area contributed by atoms with Crippen LogP contribution in [0, 0.1) is 24.1 Å². The van der Waals surface area contributed by atoms with Crippen LogP contribution in [0.25, 0.3) is 10.9 Å². The Balaban J connectivity index is 2.21. The smallest absolute Gasteiger partial charge is 0.187 e. The lowest BCUT2D eigenvalue weighted by molar-refractivity contribution is 0.412. The molecule has 1 N–H and O–H groups in total. The van der Waals surface area contributed by atoms with Gasteiger partial charge < -0.3 is 10.1 Å². The van der Waals surface area contributed by atoms with Crippen LogP contribution in [0.15, 0.2) is 34.8 Å². The predicted molar refractivity (Wildman–Crippen MR) is 92.9 cm³/mol. The molecule has 0 amide bonds. The van der Waals surface area contributed by atoms with E-state index in [0.29, 0.717) is 26.8 Å². The Morgan fingerprint density at radius 1 is 1.25 bits per heavy atom. The summed E-state index contributed by atoms with van der Waals surface area (Å²) in [6.45, 7) is 1.81. The van der Waals surface area contributed by atoms with Gasteiger partial charge in [-0.25, -0.2) is 4.39 Å². The van der Waals surface area contributed by atoms with Gasteiger partial charge >= 0.3 is 0 Å². The lowest BCUT2D eigenvalue weighted by atomic mass is 10.1. The average molecular weight is 387 g/mol. The summed E-state index contributed by atoms with van der Waals surface area (Å²) in [4.78, 5) is 0. The zero-order chi connectivity index (χ0) is 17.3.